The highest BCUT2D eigenvalue weighted by Gasteiger charge is 2.36. The minimum Gasteiger partial charge on any atom is -0.306 e. The van der Waals surface area contributed by atoms with Gasteiger partial charge in [-0.2, -0.15) is 5.26 Å². The van der Waals surface area contributed by atoms with E-state index in [4.69, 9.17) is 5.26 Å². The molecule has 0 amide bonds. The molecule has 2 heteroatoms. The summed E-state index contributed by atoms with van der Waals surface area (Å²) >= 11 is 0. The van der Waals surface area contributed by atoms with E-state index in [0.29, 0.717) is 0 Å². The lowest BCUT2D eigenvalue weighted by Crippen LogP contribution is -2.27. The van der Waals surface area contributed by atoms with Gasteiger partial charge in [0, 0.05) is 0 Å². The van der Waals surface area contributed by atoms with E-state index in [2.05, 4.69) is 24.9 Å². The summed E-state index contributed by atoms with van der Waals surface area (Å²) in [4.78, 5) is 2.39. The molecule has 0 aliphatic heterocycles. The molecule has 0 bridgehead atoms. The minimum absolute atomic E-state index is 0.0866. The predicted octanol–water partition coefficient (Wildman–Crippen LogP) is 3.19. The highest BCUT2D eigenvalue weighted by molar-refractivity contribution is 5.04. The van der Waals surface area contributed by atoms with Crippen molar-refractivity contribution >= 4 is 0 Å². The molecule has 0 N–H and O–H groups in total. The summed E-state index contributed by atoms with van der Waals surface area (Å²) in [5.41, 5.74) is 0.0866. The van der Waals surface area contributed by atoms with Gasteiger partial charge in [-0.1, -0.05) is 19.8 Å². The van der Waals surface area contributed by atoms with Crippen LogP contribution in [0.1, 0.15) is 51.9 Å². The third kappa shape index (κ3) is 3.83. The second-order valence-corrected chi connectivity index (χ2v) is 5.01. The van der Waals surface area contributed by atoms with Crippen LogP contribution in [0.4, 0.5) is 0 Å². The molecule has 0 aromatic carbocycles. The van der Waals surface area contributed by atoms with Gasteiger partial charge >= 0.3 is 0 Å². The molecular formula is C13H24N2. The molecule has 0 spiro atoms. The zero-order chi connectivity index (χ0) is 11.1. The van der Waals surface area contributed by atoms with E-state index in [1.807, 2.05) is 0 Å². The predicted molar refractivity (Wildman–Crippen MR) is 63.5 cm³/mol. The highest BCUT2D eigenvalue weighted by atomic mass is 15.1. The Balaban J connectivity index is 2.04. The molecule has 1 aliphatic rings. The summed E-state index contributed by atoms with van der Waals surface area (Å²) in [7, 11) is 2.19. The zero-order valence-corrected chi connectivity index (χ0v) is 10.3. The Hall–Kier alpha value is -0.550. The van der Waals surface area contributed by atoms with Crippen LogP contribution < -0.4 is 0 Å². The first-order valence-corrected chi connectivity index (χ1v) is 6.32. The molecule has 1 fully saturated rings. The first kappa shape index (κ1) is 12.5. The van der Waals surface area contributed by atoms with Crippen LogP contribution in [-0.4, -0.2) is 25.0 Å². The van der Waals surface area contributed by atoms with Crippen molar-refractivity contribution in [1.29, 1.82) is 5.26 Å². The van der Waals surface area contributed by atoms with Gasteiger partial charge in [-0.05, 0) is 52.2 Å². The molecular weight excluding hydrogens is 184 g/mol. The number of rotatable bonds is 7. The highest BCUT2D eigenvalue weighted by Crippen LogP contribution is 2.44. The Bertz CT molecular complexity index is 213. The number of nitrogens with zero attached hydrogens (tertiary/aromatic N) is 2. The van der Waals surface area contributed by atoms with Crippen LogP contribution in [0.25, 0.3) is 0 Å². The second-order valence-electron chi connectivity index (χ2n) is 5.01. The second kappa shape index (κ2) is 6.12. The van der Waals surface area contributed by atoms with Crippen molar-refractivity contribution < 1.29 is 0 Å². The maximum Gasteiger partial charge on any atom is 0.0689 e. The van der Waals surface area contributed by atoms with Crippen molar-refractivity contribution in [2.45, 2.75) is 51.9 Å². The third-order valence-electron chi connectivity index (χ3n) is 3.60. The Labute approximate surface area is 94.3 Å². The van der Waals surface area contributed by atoms with Crippen LogP contribution in [0.2, 0.25) is 0 Å². The number of hydrogen-bond donors (Lipinski definition) is 0. The molecule has 2 nitrogen and oxygen atoms in total. The molecule has 86 valence electrons. The maximum atomic E-state index is 9.07. The summed E-state index contributed by atoms with van der Waals surface area (Å²) in [6, 6.07) is 2.51. The van der Waals surface area contributed by atoms with Gasteiger partial charge in [-0.3, -0.25) is 0 Å². The Kier molecular flexibility index (Phi) is 5.11. The van der Waals surface area contributed by atoms with Crippen molar-refractivity contribution in [1.82, 2.24) is 4.90 Å². The van der Waals surface area contributed by atoms with Gasteiger partial charge in [0.15, 0.2) is 0 Å². The van der Waals surface area contributed by atoms with E-state index in [9.17, 15) is 0 Å². The van der Waals surface area contributed by atoms with E-state index >= 15 is 0 Å². The summed E-state index contributed by atoms with van der Waals surface area (Å²) in [5, 5.41) is 9.07. The van der Waals surface area contributed by atoms with E-state index in [-0.39, 0.29) is 5.41 Å². The molecule has 1 aliphatic carbocycles. The first-order valence-electron chi connectivity index (χ1n) is 6.32. The summed E-state index contributed by atoms with van der Waals surface area (Å²) in [6.07, 6.45) is 8.40. The lowest BCUT2D eigenvalue weighted by Gasteiger charge is -2.35. The molecule has 1 rings (SSSR count). The van der Waals surface area contributed by atoms with Crippen molar-refractivity contribution in [3.63, 3.8) is 0 Å². The van der Waals surface area contributed by atoms with Crippen LogP contribution in [-0.2, 0) is 0 Å². The SMILES string of the molecule is CCCN(C)CCCCC1(C#N)CCC1. The lowest BCUT2D eigenvalue weighted by atomic mass is 9.67. The van der Waals surface area contributed by atoms with Crippen LogP contribution >= 0.6 is 0 Å². The van der Waals surface area contributed by atoms with Crippen LogP contribution in [0.3, 0.4) is 0 Å². The fraction of sp³-hybridized carbons (Fsp3) is 0.923. The molecule has 15 heavy (non-hydrogen) atoms. The Morgan fingerprint density at radius 3 is 2.47 bits per heavy atom. The van der Waals surface area contributed by atoms with Crippen molar-refractivity contribution in [2.75, 3.05) is 20.1 Å². The molecule has 1 saturated carbocycles. The van der Waals surface area contributed by atoms with Gasteiger partial charge in [0.25, 0.3) is 0 Å². The maximum absolute atomic E-state index is 9.07. The fourth-order valence-corrected chi connectivity index (χ4v) is 2.36. The molecule has 0 aromatic heterocycles. The van der Waals surface area contributed by atoms with Gasteiger partial charge in [0.1, 0.15) is 0 Å². The Morgan fingerprint density at radius 1 is 1.27 bits per heavy atom. The number of unbranched alkanes of at least 4 members (excludes halogenated alkanes) is 1. The standard InChI is InChI=1S/C13H24N2/c1-3-10-15(2)11-5-4-7-13(12-14)8-6-9-13/h3-11H2,1-2H3. The molecule has 0 aromatic rings. The van der Waals surface area contributed by atoms with Gasteiger partial charge in [-0.15, -0.1) is 0 Å². The topological polar surface area (TPSA) is 27.0 Å². The monoisotopic (exact) mass is 208 g/mol. The van der Waals surface area contributed by atoms with Crippen molar-refractivity contribution in [2.24, 2.45) is 5.41 Å². The minimum atomic E-state index is 0.0866. The van der Waals surface area contributed by atoms with Gasteiger partial charge < -0.3 is 4.90 Å². The van der Waals surface area contributed by atoms with Crippen LogP contribution in [0.5, 0.6) is 0 Å². The quantitative estimate of drug-likeness (QED) is 0.601. The normalized spacial score (nSPS) is 18.5. The van der Waals surface area contributed by atoms with E-state index in [1.54, 1.807) is 0 Å². The van der Waals surface area contributed by atoms with Gasteiger partial charge in [0.2, 0.25) is 0 Å². The number of nitriles is 1. The van der Waals surface area contributed by atoms with Crippen LogP contribution in [0, 0.1) is 16.7 Å². The average molecular weight is 208 g/mol. The van der Waals surface area contributed by atoms with Gasteiger partial charge in [0.05, 0.1) is 11.5 Å². The lowest BCUT2D eigenvalue weighted by molar-refractivity contribution is 0.188. The van der Waals surface area contributed by atoms with E-state index < -0.39 is 0 Å². The van der Waals surface area contributed by atoms with E-state index in [1.165, 1.54) is 38.8 Å². The van der Waals surface area contributed by atoms with E-state index in [0.717, 1.165) is 19.3 Å². The largest absolute Gasteiger partial charge is 0.306 e. The average Bonchev–Trinajstić information content (AvgIpc) is 2.16. The summed E-state index contributed by atoms with van der Waals surface area (Å²) < 4.78 is 0. The molecule has 0 unspecified atom stereocenters. The summed E-state index contributed by atoms with van der Waals surface area (Å²) in [6.45, 7) is 4.61. The summed E-state index contributed by atoms with van der Waals surface area (Å²) in [5.74, 6) is 0. The van der Waals surface area contributed by atoms with Crippen molar-refractivity contribution in [3.8, 4) is 6.07 Å². The van der Waals surface area contributed by atoms with Gasteiger partial charge in [-0.25, -0.2) is 0 Å². The number of hydrogen-bond acceptors (Lipinski definition) is 2. The fourth-order valence-electron chi connectivity index (χ4n) is 2.36. The third-order valence-corrected chi connectivity index (χ3v) is 3.60. The molecule has 0 heterocycles. The molecule has 0 atom stereocenters. The van der Waals surface area contributed by atoms with Crippen molar-refractivity contribution in [3.05, 3.63) is 0 Å². The first-order chi connectivity index (χ1) is 7.22. The molecule has 0 saturated heterocycles. The Morgan fingerprint density at radius 2 is 2.00 bits per heavy atom. The van der Waals surface area contributed by atoms with Crippen LogP contribution in [0.15, 0.2) is 0 Å². The molecule has 0 radical (unpaired) electrons. The zero-order valence-electron chi connectivity index (χ0n) is 10.3. The smallest absolute Gasteiger partial charge is 0.0689 e.